The van der Waals surface area contributed by atoms with Gasteiger partial charge in [0.05, 0.1) is 4.92 Å². The number of hydrogen-bond acceptors (Lipinski definition) is 6. The first-order chi connectivity index (χ1) is 11.6. The van der Waals surface area contributed by atoms with E-state index < -0.39 is 0 Å². The van der Waals surface area contributed by atoms with Crippen molar-refractivity contribution in [1.29, 1.82) is 0 Å². The number of fused-ring (bicyclic) bond motifs is 1. The number of nitro benzene ring substituents is 1. The number of aryl methyl sites for hydroxylation is 1. The zero-order valence-electron chi connectivity index (χ0n) is 13.8. The lowest BCUT2D eigenvalue weighted by molar-refractivity contribution is -0.383. The Morgan fingerprint density at radius 2 is 2.04 bits per heavy atom. The summed E-state index contributed by atoms with van der Waals surface area (Å²) in [4.78, 5) is 19.9. The average molecular weight is 330 g/mol. The van der Waals surface area contributed by atoms with Crippen LogP contribution < -0.4 is 4.90 Å². The fourth-order valence-corrected chi connectivity index (χ4v) is 3.26. The van der Waals surface area contributed by atoms with Crippen LogP contribution in [0, 0.1) is 17.0 Å². The Kier molecular flexibility index (Phi) is 4.92. The molecule has 2 heterocycles. The van der Waals surface area contributed by atoms with Gasteiger partial charge in [-0.05, 0) is 19.4 Å². The van der Waals surface area contributed by atoms with Crippen LogP contribution in [0.1, 0.15) is 12.1 Å². The molecule has 3 rings (SSSR count). The lowest BCUT2D eigenvalue weighted by Crippen LogP contribution is -2.46. The first kappa shape index (κ1) is 16.6. The fraction of sp³-hybridized carbons (Fsp3) is 0.471. The SMILES string of the molecule is Cc1cc(N2CCN(CCCO)CC2)c2cccc([N+](=O)[O-])c2n1. The molecule has 2 aromatic rings. The van der Waals surface area contributed by atoms with Gasteiger partial charge in [-0.15, -0.1) is 0 Å². The summed E-state index contributed by atoms with van der Waals surface area (Å²) in [7, 11) is 0. The largest absolute Gasteiger partial charge is 0.396 e. The molecule has 0 saturated carbocycles. The first-order valence-corrected chi connectivity index (χ1v) is 8.23. The molecule has 1 saturated heterocycles. The second-order valence-corrected chi connectivity index (χ2v) is 6.12. The number of benzene rings is 1. The van der Waals surface area contributed by atoms with E-state index in [-0.39, 0.29) is 17.2 Å². The maximum atomic E-state index is 11.3. The number of rotatable bonds is 5. The number of para-hydroxylation sites is 1. The molecule has 1 aliphatic rings. The molecule has 1 fully saturated rings. The van der Waals surface area contributed by atoms with E-state index in [1.54, 1.807) is 6.07 Å². The van der Waals surface area contributed by atoms with Crippen molar-refractivity contribution in [1.82, 2.24) is 9.88 Å². The first-order valence-electron chi connectivity index (χ1n) is 8.23. The summed E-state index contributed by atoms with van der Waals surface area (Å²) in [5.74, 6) is 0. The molecule has 7 nitrogen and oxygen atoms in total. The van der Waals surface area contributed by atoms with Gasteiger partial charge in [0.15, 0.2) is 5.52 Å². The fourth-order valence-electron chi connectivity index (χ4n) is 3.26. The van der Waals surface area contributed by atoms with E-state index in [4.69, 9.17) is 5.11 Å². The van der Waals surface area contributed by atoms with Gasteiger partial charge in [0.2, 0.25) is 0 Å². The molecule has 0 bridgehead atoms. The van der Waals surface area contributed by atoms with Crippen LogP contribution in [0.2, 0.25) is 0 Å². The van der Waals surface area contributed by atoms with Gasteiger partial charge in [-0.3, -0.25) is 15.0 Å². The van der Waals surface area contributed by atoms with Gasteiger partial charge in [-0.1, -0.05) is 12.1 Å². The number of hydrogen-bond donors (Lipinski definition) is 1. The van der Waals surface area contributed by atoms with Crippen molar-refractivity contribution in [3.8, 4) is 0 Å². The minimum absolute atomic E-state index is 0.0547. The Balaban J connectivity index is 1.90. The molecule has 0 aliphatic carbocycles. The van der Waals surface area contributed by atoms with E-state index in [0.29, 0.717) is 5.52 Å². The molecule has 1 N–H and O–H groups in total. The highest BCUT2D eigenvalue weighted by molar-refractivity contribution is 5.97. The van der Waals surface area contributed by atoms with E-state index in [0.717, 1.165) is 55.9 Å². The highest BCUT2D eigenvalue weighted by Gasteiger charge is 2.21. The van der Waals surface area contributed by atoms with Gasteiger partial charge in [0.1, 0.15) is 0 Å². The van der Waals surface area contributed by atoms with Crippen molar-refractivity contribution >= 4 is 22.3 Å². The standard InChI is InChI=1S/C17H22N4O3/c1-13-12-16(20-9-7-19(8-10-20)6-3-11-22)14-4-2-5-15(21(23)24)17(14)18-13/h2,4-5,12,22H,3,6-11H2,1H3. The number of piperazine rings is 1. The predicted octanol–water partition coefficient (Wildman–Crippen LogP) is 1.96. The normalized spacial score (nSPS) is 15.8. The Morgan fingerprint density at radius 3 is 2.71 bits per heavy atom. The van der Waals surface area contributed by atoms with Gasteiger partial charge in [0.25, 0.3) is 5.69 Å². The summed E-state index contributed by atoms with van der Waals surface area (Å²) in [6, 6.07) is 7.14. The van der Waals surface area contributed by atoms with Gasteiger partial charge in [0, 0.05) is 62.2 Å². The van der Waals surface area contributed by atoms with E-state index in [1.165, 1.54) is 6.07 Å². The Morgan fingerprint density at radius 1 is 1.29 bits per heavy atom. The lowest BCUT2D eigenvalue weighted by atomic mass is 10.1. The predicted molar refractivity (Wildman–Crippen MR) is 93.5 cm³/mol. The van der Waals surface area contributed by atoms with E-state index in [9.17, 15) is 10.1 Å². The average Bonchev–Trinajstić information content (AvgIpc) is 2.59. The van der Waals surface area contributed by atoms with Crippen molar-refractivity contribution in [2.75, 3.05) is 44.2 Å². The van der Waals surface area contributed by atoms with Crippen molar-refractivity contribution in [2.24, 2.45) is 0 Å². The molecule has 0 unspecified atom stereocenters. The minimum Gasteiger partial charge on any atom is -0.396 e. The highest BCUT2D eigenvalue weighted by atomic mass is 16.6. The Hall–Kier alpha value is -2.25. The lowest BCUT2D eigenvalue weighted by Gasteiger charge is -2.36. The smallest absolute Gasteiger partial charge is 0.295 e. The highest BCUT2D eigenvalue weighted by Crippen LogP contribution is 2.32. The summed E-state index contributed by atoms with van der Waals surface area (Å²) < 4.78 is 0. The maximum Gasteiger partial charge on any atom is 0.295 e. The summed E-state index contributed by atoms with van der Waals surface area (Å²) >= 11 is 0. The van der Waals surface area contributed by atoms with Crippen LogP contribution in [0.15, 0.2) is 24.3 Å². The number of nitro groups is 1. The number of aromatic nitrogens is 1. The number of aliphatic hydroxyl groups excluding tert-OH is 1. The summed E-state index contributed by atoms with van der Waals surface area (Å²) in [6.07, 6.45) is 0.795. The van der Waals surface area contributed by atoms with Crippen LogP contribution in [0.3, 0.4) is 0 Å². The molecule has 0 amide bonds. The van der Waals surface area contributed by atoms with Crippen LogP contribution in [0.5, 0.6) is 0 Å². The zero-order chi connectivity index (χ0) is 17.1. The molecule has 0 spiro atoms. The minimum atomic E-state index is -0.370. The van der Waals surface area contributed by atoms with Crippen molar-refractivity contribution in [2.45, 2.75) is 13.3 Å². The summed E-state index contributed by atoms with van der Waals surface area (Å²) in [5, 5.41) is 21.1. The zero-order valence-corrected chi connectivity index (χ0v) is 13.8. The molecule has 0 atom stereocenters. The Labute approximate surface area is 140 Å². The van der Waals surface area contributed by atoms with Crippen LogP contribution in [0.25, 0.3) is 10.9 Å². The molecular weight excluding hydrogens is 308 g/mol. The third-order valence-corrected chi connectivity index (χ3v) is 4.47. The van der Waals surface area contributed by atoms with Crippen molar-refractivity contribution in [3.63, 3.8) is 0 Å². The van der Waals surface area contributed by atoms with E-state index in [1.807, 2.05) is 19.1 Å². The van der Waals surface area contributed by atoms with Crippen molar-refractivity contribution < 1.29 is 10.0 Å². The molecule has 1 aromatic heterocycles. The molecule has 0 radical (unpaired) electrons. The summed E-state index contributed by atoms with van der Waals surface area (Å²) in [6.45, 7) is 6.59. The van der Waals surface area contributed by atoms with Crippen LogP contribution in [-0.2, 0) is 0 Å². The number of pyridine rings is 1. The second kappa shape index (κ2) is 7.11. The third-order valence-electron chi connectivity index (χ3n) is 4.47. The molecule has 1 aromatic carbocycles. The molecular formula is C17H22N4O3. The van der Waals surface area contributed by atoms with E-state index >= 15 is 0 Å². The molecule has 128 valence electrons. The maximum absolute atomic E-state index is 11.3. The number of non-ortho nitro benzene ring substituents is 1. The number of nitrogens with zero attached hydrogens (tertiary/aromatic N) is 4. The van der Waals surface area contributed by atoms with Gasteiger partial charge >= 0.3 is 0 Å². The van der Waals surface area contributed by atoms with E-state index in [2.05, 4.69) is 14.8 Å². The topological polar surface area (TPSA) is 82.7 Å². The number of anilines is 1. The van der Waals surface area contributed by atoms with Crippen molar-refractivity contribution in [3.05, 3.63) is 40.1 Å². The van der Waals surface area contributed by atoms with Gasteiger partial charge in [-0.25, -0.2) is 4.98 Å². The number of aliphatic hydroxyl groups is 1. The third kappa shape index (κ3) is 3.32. The van der Waals surface area contributed by atoms with Crippen LogP contribution in [-0.4, -0.2) is 59.2 Å². The monoisotopic (exact) mass is 330 g/mol. The second-order valence-electron chi connectivity index (χ2n) is 6.12. The summed E-state index contributed by atoms with van der Waals surface area (Å²) in [5.41, 5.74) is 2.32. The molecule has 24 heavy (non-hydrogen) atoms. The van der Waals surface area contributed by atoms with Gasteiger partial charge < -0.3 is 10.0 Å². The Bertz CT molecular complexity index is 742. The van der Waals surface area contributed by atoms with Gasteiger partial charge in [-0.2, -0.15) is 0 Å². The molecule has 7 heteroatoms. The van der Waals surface area contributed by atoms with Crippen LogP contribution >= 0.6 is 0 Å². The molecule has 1 aliphatic heterocycles. The quantitative estimate of drug-likeness (QED) is 0.666. The van der Waals surface area contributed by atoms with Crippen LogP contribution in [0.4, 0.5) is 11.4 Å².